The lowest BCUT2D eigenvalue weighted by Crippen LogP contribution is -2.05. The minimum atomic E-state index is -0.0462. The third kappa shape index (κ3) is 20.0. The summed E-state index contributed by atoms with van der Waals surface area (Å²) >= 11 is 0. The van der Waals surface area contributed by atoms with Gasteiger partial charge in [-0.2, -0.15) is 0 Å². The molecule has 2 N–H and O–H groups in total. The zero-order valence-electron chi connectivity index (χ0n) is 16.6. The zero-order chi connectivity index (χ0) is 17.7. The maximum Gasteiger partial charge on any atom is 0.0540 e. The van der Waals surface area contributed by atoms with Crippen molar-refractivity contribution < 1.29 is 10.2 Å². The van der Waals surface area contributed by atoms with Crippen molar-refractivity contribution in [3.8, 4) is 0 Å². The predicted molar refractivity (Wildman–Crippen MR) is 106 cm³/mol. The summed E-state index contributed by atoms with van der Waals surface area (Å²) in [5.41, 5.74) is 0. The second-order valence-electron chi connectivity index (χ2n) is 7.61. The number of rotatable bonds is 20. The maximum absolute atomic E-state index is 10.00. The smallest absolute Gasteiger partial charge is 0.0540 e. The van der Waals surface area contributed by atoms with Gasteiger partial charge in [0.1, 0.15) is 0 Å². The first kappa shape index (κ1) is 23.9. The molecule has 0 spiro atoms. The van der Waals surface area contributed by atoms with E-state index in [0.29, 0.717) is 6.61 Å². The van der Waals surface area contributed by atoms with E-state index in [9.17, 15) is 5.11 Å². The largest absolute Gasteiger partial charge is 0.396 e. The monoisotopic (exact) mass is 342 g/mol. The lowest BCUT2D eigenvalue weighted by Gasteiger charge is -2.10. The van der Waals surface area contributed by atoms with Gasteiger partial charge in [-0.25, -0.2) is 0 Å². The highest BCUT2D eigenvalue weighted by Gasteiger charge is 2.03. The van der Waals surface area contributed by atoms with Gasteiger partial charge in [-0.15, -0.1) is 0 Å². The third-order valence-corrected chi connectivity index (χ3v) is 5.09. The number of hydrogen-bond acceptors (Lipinski definition) is 2. The molecule has 0 aromatic heterocycles. The SMILES string of the molecule is CCCCCCCCC(O)CCCCCCCCCCCCCO. The molecule has 2 nitrogen and oxygen atoms in total. The van der Waals surface area contributed by atoms with Gasteiger partial charge in [0.15, 0.2) is 0 Å². The fraction of sp³-hybridized carbons (Fsp3) is 1.00. The van der Waals surface area contributed by atoms with Crippen molar-refractivity contribution in [1.29, 1.82) is 0 Å². The number of unbranched alkanes of at least 4 members (excludes halogenated alkanes) is 15. The van der Waals surface area contributed by atoms with E-state index in [-0.39, 0.29) is 6.10 Å². The van der Waals surface area contributed by atoms with Crippen LogP contribution in [0, 0.1) is 0 Å². The first-order valence-electron chi connectivity index (χ1n) is 11.1. The van der Waals surface area contributed by atoms with Crippen molar-refractivity contribution in [1.82, 2.24) is 0 Å². The van der Waals surface area contributed by atoms with Gasteiger partial charge in [-0.1, -0.05) is 110 Å². The van der Waals surface area contributed by atoms with Crippen molar-refractivity contribution in [2.75, 3.05) is 6.61 Å². The molecular weight excluding hydrogens is 296 g/mol. The Labute approximate surface area is 152 Å². The highest BCUT2D eigenvalue weighted by Crippen LogP contribution is 2.15. The number of hydrogen-bond donors (Lipinski definition) is 2. The quantitative estimate of drug-likeness (QED) is 0.240. The van der Waals surface area contributed by atoms with Gasteiger partial charge in [0, 0.05) is 6.61 Å². The van der Waals surface area contributed by atoms with Gasteiger partial charge >= 0.3 is 0 Å². The summed E-state index contributed by atoms with van der Waals surface area (Å²) in [5.74, 6) is 0. The summed E-state index contributed by atoms with van der Waals surface area (Å²) in [6.45, 7) is 2.61. The van der Waals surface area contributed by atoms with E-state index in [4.69, 9.17) is 5.11 Å². The van der Waals surface area contributed by atoms with Gasteiger partial charge in [0.2, 0.25) is 0 Å². The van der Waals surface area contributed by atoms with E-state index in [1.165, 1.54) is 103 Å². The molecule has 0 radical (unpaired) electrons. The van der Waals surface area contributed by atoms with Crippen LogP contribution >= 0.6 is 0 Å². The predicted octanol–water partition coefficient (Wildman–Crippen LogP) is 6.77. The summed E-state index contributed by atoms with van der Waals surface area (Å²) in [5, 5.41) is 18.7. The molecule has 0 rings (SSSR count). The van der Waals surface area contributed by atoms with E-state index in [0.717, 1.165) is 19.3 Å². The molecule has 146 valence electrons. The summed E-state index contributed by atoms with van der Waals surface area (Å²) < 4.78 is 0. The Bertz CT molecular complexity index is 218. The fourth-order valence-electron chi connectivity index (χ4n) is 3.39. The van der Waals surface area contributed by atoms with Crippen LogP contribution in [0.5, 0.6) is 0 Å². The van der Waals surface area contributed by atoms with Crippen LogP contribution in [0.3, 0.4) is 0 Å². The minimum absolute atomic E-state index is 0.0462. The molecule has 0 aliphatic heterocycles. The van der Waals surface area contributed by atoms with Crippen molar-refractivity contribution in [3.05, 3.63) is 0 Å². The lowest BCUT2D eigenvalue weighted by atomic mass is 10.0. The highest BCUT2D eigenvalue weighted by molar-refractivity contribution is 4.57. The van der Waals surface area contributed by atoms with Gasteiger partial charge in [-0.3, -0.25) is 0 Å². The van der Waals surface area contributed by atoms with Crippen molar-refractivity contribution in [2.45, 2.75) is 135 Å². The highest BCUT2D eigenvalue weighted by atomic mass is 16.3. The average molecular weight is 343 g/mol. The molecule has 0 aliphatic rings. The van der Waals surface area contributed by atoms with Crippen LogP contribution in [0.4, 0.5) is 0 Å². The van der Waals surface area contributed by atoms with Crippen LogP contribution < -0.4 is 0 Å². The van der Waals surface area contributed by atoms with E-state index in [1.807, 2.05) is 0 Å². The topological polar surface area (TPSA) is 40.5 Å². The molecule has 0 bridgehead atoms. The van der Waals surface area contributed by atoms with Gasteiger partial charge in [-0.05, 0) is 19.3 Å². The molecule has 2 heteroatoms. The van der Waals surface area contributed by atoms with Crippen molar-refractivity contribution in [3.63, 3.8) is 0 Å². The van der Waals surface area contributed by atoms with Crippen molar-refractivity contribution in [2.24, 2.45) is 0 Å². The molecule has 24 heavy (non-hydrogen) atoms. The number of aliphatic hydroxyl groups is 2. The molecule has 0 amide bonds. The molecule has 0 fully saturated rings. The van der Waals surface area contributed by atoms with E-state index < -0.39 is 0 Å². The number of aliphatic hydroxyl groups excluding tert-OH is 2. The average Bonchev–Trinajstić information content (AvgIpc) is 2.59. The fourth-order valence-corrected chi connectivity index (χ4v) is 3.39. The lowest BCUT2D eigenvalue weighted by molar-refractivity contribution is 0.147. The van der Waals surface area contributed by atoms with Crippen LogP contribution in [0.15, 0.2) is 0 Å². The van der Waals surface area contributed by atoms with Gasteiger partial charge < -0.3 is 10.2 Å². The summed E-state index contributed by atoms with van der Waals surface area (Å²) in [4.78, 5) is 0. The second kappa shape index (κ2) is 21.0. The molecule has 0 heterocycles. The first-order valence-corrected chi connectivity index (χ1v) is 11.1. The first-order chi connectivity index (χ1) is 11.8. The van der Waals surface area contributed by atoms with E-state index in [1.54, 1.807) is 0 Å². The molecule has 0 aromatic carbocycles. The Morgan fingerprint density at radius 1 is 0.500 bits per heavy atom. The van der Waals surface area contributed by atoms with Gasteiger partial charge in [0.05, 0.1) is 6.10 Å². The van der Waals surface area contributed by atoms with E-state index in [2.05, 4.69) is 6.92 Å². The molecule has 0 saturated heterocycles. The standard InChI is InChI=1S/C22H46O2/c1-2-3-4-5-13-16-19-22(24)20-17-14-11-9-7-6-8-10-12-15-18-21-23/h22-24H,2-21H2,1H3. The second-order valence-corrected chi connectivity index (χ2v) is 7.61. The minimum Gasteiger partial charge on any atom is -0.396 e. The van der Waals surface area contributed by atoms with Crippen LogP contribution in [-0.2, 0) is 0 Å². The Balaban J connectivity index is 3.10. The van der Waals surface area contributed by atoms with E-state index >= 15 is 0 Å². The molecule has 0 aliphatic carbocycles. The molecule has 1 atom stereocenters. The zero-order valence-corrected chi connectivity index (χ0v) is 16.6. The van der Waals surface area contributed by atoms with Crippen LogP contribution in [0.2, 0.25) is 0 Å². The Kier molecular flexibility index (Phi) is 20.9. The summed E-state index contributed by atoms with van der Waals surface area (Å²) in [6, 6.07) is 0. The molecular formula is C22H46O2. The third-order valence-electron chi connectivity index (χ3n) is 5.09. The summed E-state index contributed by atoms with van der Waals surface area (Å²) in [7, 11) is 0. The normalized spacial score (nSPS) is 12.6. The Morgan fingerprint density at radius 3 is 1.21 bits per heavy atom. The summed E-state index contributed by atoms with van der Waals surface area (Å²) in [6.07, 6.45) is 24.0. The molecule has 0 saturated carbocycles. The van der Waals surface area contributed by atoms with Gasteiger partial charge in [0.25, 0.3) is 0 Å². The Hall–Kier alpha value is -0.0800. The van der Waals surface area contributed by atoms with Crippen molar-refractivity contribution >= 4 is 0 Å². The van der Waals surface area contributed by atoms with Crippen LogP contribution in [0.25, 0.3) is 0 Å². The van der Waals surface area contributed by atoms with Crippen LogP contribution in [0.1, 0.15) is 129 Å². The maximum atomic E-state index is 10.00. The van der Waals surface area contributed by atoms with Crippen LogP contribution in [-0.4, -0.2) is 22.9 Å². The Morgan fingerprint density at radius 2 is 0.833 bits per heavy atom. The molecule has 1 unspecified atom stereocenters. The molecule has 0 aromatic rings.